The van der Waals surface area contributed by atoms with Crippen LogP contribution in [0.15, 0.2) is 22.0 Å². The van der Waals surface area contributed by atoms with Gasteiger partial charge in [-0.3, -0.25) is 9.58 Å². The molecule has 2 rings (SSSR count). The van der Waals surface area contributed by atoms with E-state index in [4.69, 9.17) is 0 Å². The van der Waals surface area contributed by atoms with Crippen LogP contribution in [0.3, 0.4) is 0 Å². The fourth-order valence-electron chi connectivity index (χ4n) is 2.13. The molecule has 19 heavy (non-hydrogen) atoms. The maximum absolute atomic E-state index is 4.56. The zero-order valence-electron chi connectivity index (χ0n) is 11.7. The first-order chi connectivity index (χ1) is 9.15. The summed E-state index contributed by atoms with van der Waals surface area (Å²) in [7, 11) is 0. The summed E-state index contributed by atoms with van der Waals surface area (Å²) >= 11 is 5.49. The summed E-state index contributed by atoms with van der Waals surface area (Å²) < 4.78 is 3.25. The average Bonchev–Trinajstić information content (AvgIpc) is 3.01. The zero-order valence-corrected chi connectivity index (χ0v) is 14.1. The zero-order chi connectivity index (χ0) is 13.8. The third-order valence-corrected chi connectivity index (χ3v) is 5.13. The molecule has 2 heterocycles. The van der Waals surface area contributed by atoms with E-state index in [2.05, 4.69) is 68.9 Å². The van der Waals surface area contributed by atoms with Gasteiger partial charge in [0.05, 0.1) is 15.9 Å². The van der Waals surface area contributed by atoms with E-state index in [0.29, 0.717) is 0 Å². The van der Waals surface area contributed by atoms with Crippen molar-refractivity contribution >= 4 is 27.3 Å². The van der Waals surface area contributed by atoms with Crippen molar-refractivity contribution in [1.29, 1.82) is 0 Å². The van der Waals surface area contributed by atoms with E-state index in [1.54, 1.807) is 0 Å². The van der Waals surface area contributed by atoms with Gasteiger partial charge in [-0.15, -0.1) is 11.3 Å². The van der Waals surface area contributed by atoms with Crippen molar-refractivity contribution in [2.24, 2.45) is 0 Å². The molecule has 104 valence electrons. The van der Waals surface area contributed by atoms with E-state index < -0.39 is 0 Å². The van der Waals surface area contributed by atoms with E-state index in [1.165, 1.54) is 10.6 Å². The number of rotatable bonds is 6. The van der Waals surface area contributed by atoms with Gasteiger partial charge in [0.1, 0.15) is 0 Å². The van der Waals surface area contributed by atoms with E-state index in [0.717, 1.165) is 36.3 Å². The Kier molecular flexibility index (Phi) is 5.19. The highest BCUT2D eigenvalue weighted by Crippen LogP contribution is 2.23. The maximum atomic E-state index is 4.56. The largest absolute Gasteiger partial charge is 0.293 e. The highest BCUT2D eigenvalue weighted by Gasteiger charge is 2.15. The molecule has 3 nitrogen and oxygen atoms in total. The smallest absolute Gasteiger partial charge is 0.0739 e. The highest BCUT2D eigenvalue weighted by molar-refractivity contribution is 9.10. The van der Waals surface area contributed by atoms with Gasteiger partial charge in [0.15, 0.2) is 0 Å². The molecule has 0 N–H and O–H groups in total. The van der Waals surface area contributed by atoms with Gasteiger partial charge in [-0.2, -0.15) is 5.10 Å². The molecule has 0 radical (unpaired) electrons. The molecule has 2 aromatic heterocycles. The van der Waals surface area contributed by atoms with Gasteiger partial charge in [-0.1, -0.05) is 13.0 Å². The maximum Gasteiger partial charge on any atom is 0.0739 e. The number of halogens is 1. The monoisotopic (exact) mass is 341 g/mol. The molecule has 5 heteroatoms. The van der Waals surface area contributed by atoms with Gasteiger partial charge in [0, 0.05) is 24.5 Å². The normalized spacial score (nSPS) is 11.4. The molecule has 0 aliphatic rings. The fourth-order valence-corrected chi connectivity index (χ4v) is 3.29. The topological polar surface area (TPSA) is 21.1 Å². The van der Waals surface area contributed by atoms with Crippen molar-refractivity contribution in [3.8, 4) is 0 Å². The van der Waals surface area contributed by atoms with Crippen molar-refractivity contribution in [2.45, 2.75) is 40.4 Å². The molecule has 0 fully saturated rings. The van der Waals surface area contributed by atoms with Gasteiger partial charge in [0.2, 0.25) is 0 Å². The first-order valence-electron chi connectivity index (χ1n) is 6.62. The number of hydrogen-bond donors (Lipinski definition) is 0. The molecule has 0 amide bonds. The van der Waals surface area contributed by atoms with Crippen LogP contribution >= 0.6 is 27.3 Å². The second kappa shape index (κ2) is 6.68. The van der Waals surface area contributed by atoms with Gasteiger partial charge < -0.3 is 0 Å². The number of aromatic nitrogens is 2. The summed E-state index contributed by atoms with van der Waals surface area (Å²) in [5, 5.41) is 6.70. The average molecular weight is 342 g/mol. The molecule has 0 unspecified atom stereocenters. The Balaban J connectivity index is 2.14. The standard InChI is InChI=1S/C14H20BrN3S/c1-4-17(9-12-7-6-8-19-12)10-13-14(15)11(3)16-18(13)5-2/h6-8H,4-5,9-10H2,1-3H3. The summed E-state index contributed by atoms with van der Waals surface area (Å²) in [4.78, 5) is 3.86. The van der Waals surface area contributed by atoms with Crippen molar-refractivity contribution in [1.82, 2.24) is 14.7 Å². The molecule has 0 aromatic carbocycles. The summed E-state index contributed by atoms with van der Waals surface area (Å²) in [6, 6.07) is 4.31. The lowest BCUT2D eigenvalue weighted by atomic mass is 10.3. The van der Waals surface area contributed by atoms with Crippen LogP contribution in [0, 0.1) is 6.92 Å². The van der Waals surface area contributed by atoms with E-state index in [9.17, 15) is 0 Å². The molecule has 0 saturated carbocycles. The minimum absolute atomic E-state index is 0.915. The summed E-state index contributed by atoms with van der Waals surface area (Å²) in [6.07, 6.45) is 0. The Hall–Kier alpha value is -0.650. The molecular formula is C14H20BrN3S. The Morgan fingerprint density at radius 3 is 2.74 bits per heavy atom. The van der Waals surface area contributed by atoms with Crippen molar-refractivity contribution < 1.29 is 0 Å². The lowest BCUT2D eigenvalue weighted by Gasteiger charge is -2.20. The molecule has 0 atom stereocenters. The molecule has 2 aromatic rings. The molecule has 0 aliphatic carbocycles. The SMILES string of the molecule is CCN(Cc1cccs1)Cc1c(Br)c(C)nn1CC. The van der Waals surface area contributed by atoms with Crippen LogP contribution in [0.25, 0.3) is 0 Å². The third-order valence-electron chi connectivity index (χ3n) is 3.23. The second-order valence-electron chi connectivity index (χ2n) is 4.54. The van der Waals surface area contributed by atoms with Gasteiger partial charge >= 0.3 is 0 Å². The number of thiophene rings is 1. The first-order valence-corrected chi connectivity index (χ1v) is 8.29. The van der Waals surface area contributed by atoms with Crippen LogP contribution in [-0.2, 0) is 19.6 Å². The van der Waals surface area contributed by atoms with E-state index >= 15 is 0 Å². The van der Waals surface area contributed by atoms with Crippen molar-refractivity contribution in [3.05, 3.63) is 38.3 Å². The van der Waals surface area contributed by atoms with Crippen LogP contribution < -0.4 is 0 Å². The number of nitrogens with zero attached hydrogens (tertiary/aromatic N) is 3. The van der Waals surface area contributed by atoms with Gasteiger partial charge in [-0.05, 0) is 47.8 Å². The molecule has 0 aliphatic heterocycles. The Morgan fingerprint density at radius 2 is 2.16 bits per heavy atom. The van der Waals surface area contributed by atoms with Gasteiger partial charge in [-0.25, -0.2) is 0 Å². The lowest BCUT2D eigenvalue weighted by molar-refractivity contribution is 0.264. The third kappa shape index (κ3) is 3.46. The van der Waals surface area contributed by atoms with E-state index in [-0.39, 0.29) is 0 Å². The molecule has 0 saturated heterocycles. The summed E-state index contributed by atoms with van der Waals surface area (Å²) in [5.41, 5.74) is 2.35. The number of hydrogen-bond acceptors (Lipinski definition) is 3. The van der Waals surface area contributed by atoms with Crippen LogP contribution in [0.4, 0.5) is 0 Å². The fraction of sp³-hybridized carbons (Fsp3) is 0.500. The molecule has 0 spiro atoms. The molecule has 0 bridgehead atoms. The number of aryl methyl sites for hydroxylation is 2. The van der Waals surface area contributed by atoms with Crippen LogP contribution in [0.2, 0.25) is 0 Å². The first kappa shape index (κ1) is 14.8. The predicted octanol–water partition coefficient (Wildman–Crippen LogP) is 4.06. The minimum atomic E-state index is 0.915. The predicted molar refractivity (Wildman–Crippen MR) is 84.4 cm³/mol. The van der Waals surface area contributed by atoms with Crippen LogP contribution in [-0.4, -0.2) is 21.2 Å². The van der Waals surface area contributed by atoms with Crippen molar-refractivity contribution in [2.75, 3.05) is 6.54 Å². The quantitative estimate of drug-likeness (QED) is 0.789. The van der Waals surface area contributed by atoms with Crippen molar-refractivity contribution in [3.63, 3.8) is 0 Å². The summed E-state index contributed by atoms with van der Waals surface area (Å²) in [5.74, 6) is 0. The summed E-state index contributed by atoms with van der Waals surface area (Å²) in [6.45, 7) is 10.3. The molecular weight excluding hydrogens is 322 g/mol. The minimum Gasteiger partial charge on any atom is -0.293 e. The Morgan fingerprint density at radius 1 is 1.37 bits per heavy atom. The van der Waals surface area contributed by atoms with E-state index in [1.807, 2.05) is 11.3 Å². The lowest BCUT2D eigenvalue weighted by Crippen LogP contribution is -2.23. The second-order valence-corrected chi connectivity index (χ2v) is 6.37. The van der Waals surface area contributed by atoms with Crippen LogP contribution in [0.1, 0.15) is 30.1 Å². The van der Waals surface area contributed by atoms with Crippen LogP contribution in [0.5, 0.6) is 0 Å². The van der Waals surface area contributed by atoms with Gasteiger partial charge in [0.25, 0.3) is 0 Å². The Bertz CT molecular complexity index is 519. The highest BCUT2D eigenvalue weighted by atomic mass is 79.9. The Labute approximate surface area is 127 Å².